The molecule has 1 aliphatic rings. The minimum absolute atomic E-state index is 0. The number of Topliss-reactive ketones (excluding diaryl/α,β-unsaturated/α-hetero) is 1. The predicted octanol–water partition coefficient (Wildman–Crippen LogP) is 0.414. The van der Waals surface area contributed by atoms with E-state index >= 15 is 0 Å². The van der Waals surface area contributed by atoms with Gasteiger partial charge in [0.05, 0.1) is 21.1 Å². The molecule has 0 spiro atoms. The molecule has 0 bridgehead atoms. The first-order valence-corrected chi connectivity index (χ1v) is 6.63. The Bertz CT molecular complexity index is 469. The lowest BCUT2D eigenvalue weighted by atomic mass is 9.92. The van der Waals surface area contributed by atoms with E-state index in [4.69, 9.17) is 0 Å². The van der Waals surface area contributed by atoms with Crippen molar-refractivity contribution in [1.29, 1.82) is 0 Å². The summed E-state index contributed by atoms with van der Waals surface area (Å²) in [5, 5.41) is 0. The van der Waals surface area contributed by atoms with Crippen LogP contribution in [0.15, 0.2) is 29.8 Å². The van der Waals surface area contributed by atoms with Crippen molar-refractivity contribution in [3.63, 3.8) is 0 Å². The second-order valence-corrected chi connectivity index (χ2v) is 5.90. The highest BCUT2D eigenvalue weighted by Gasteiger charge is 2.15. The first-order valence-electron chi connectivity index (χ1n) is 6.63. The van der Waals surface area contributed by atoms with E-state index in [0.29, 0.717) is 5.78 Å². The third-order valence-electron chi connectivity index (χ3n) is 3.47. The van der Waals surface area contributed by atoms with Crippen LogP contribution in [0.2, 0.25) is 0 Å². The number of halogens is 1. The van der Waals surface area contributed by atoms with Crippen LogP contribution in [0.5, 0.6) is 0 Å². The summed E-state index contributed by atoms with van der Waals surface area (Å²) in [5.74, 6) is 0.330. The third-order valence-corrected chi connectivity index (χ3v) is 3.47. The molecule has 1 saturated carbocycles. The number of carbonyl (C=O) groups excluding carboxylic acids is 1. The summed E-state index contributed by atoms with van der Waals surface area (Å²) in [7, 11) is 6.45. The standard InChI is InChI=1S/C16H22NO.HI/c1-17(2,3)15-10-8-13(9-11-15)12-14-6-4-5-7-16(14)18;/h8-12H,4-7H2,1-3H3;1H/q+1;/p-1/b14-12-;. The van der Waals surface area contributed by atoms with E-state index in [9.17, 15) is 4.79 Å². The highest BCUT2D eigenvalue weighted by molar-refractivity contribution is 6.00. The average Bonchev–Trinajstić information content (AvgIpc) is 2.32. The number of hydrogen-bond acceptors (Lipinski definition) is 1. The molecule has 3 heteroatoms. The van der Waals surface area contributed by atoms with Gasteiger partial charge in [0.15, 0.2) is 5.78 Å². The van der Waals surface area contributed by atoms with E-state index in [1.807, 2.05) is 0 Å². The van der Waals surface area contributed by atoms with Crippen molar-refractivity contribution < 1.29 is 28.8 Å². The largest absolute Gasteiger partial charge is 1.00 e. The number of allylic oxidation sites excluding steroid dienone is 1. The van der Waals surface area contributed by atoms with E-state index in [1.165, 1.54) is 5.69 Å². The Kier molecular flexibility index (Phi) is 5.74. The molecule has 1 fully saturated rings. The first kappa shape index (κ1) is 16.4. The van der Waals surface area contributed by atoms with Crippen LogP contribution in [0.3, 0.4) is 0 Å². The molecule has 0 amide bonds. The first-order chi connectivity index (χ1) is 8.47. The van der Waals surface area contributed by atoms with Crippen molar-refractivity contribution in [3.8, 4) is 0 Å². The van der Waals surface area contributed by atoms with Gasteiger partial charge in [-0.3, -0.25) is 9.28 Å². The van der Waals surface area contributed by atoms with Gasteiger partial charge in [0.25, 0.3) is 0 Å². The summed E-state index contributed by atoms with van der Waals surface area (Å²) in [4.78, 5) is 11.8. The number of benzene rings is 1. The molecule has 0 radical (unpaired) electrons. The number of nitrogens with zero attached hydrogens (tertiary/aromatic N) is 1. The molecule has 1 aromatic carbocycles. The molecule has 0 heterocycles. The SMILES string of the molecule is C[N+](C)(C)c1ccc(/C=C2/CCCCC2=O)cc1.[I-]. The van der Waals surface area contributed by atoms with Gasteiger partial charge in [0, 0.05) is 6.42 Å². The quantitative estimate of drug-likeness (QED) is 0.418. The smallest absolute Gasteiger partial charge is 0.158 e. The Labute approximate surface area is 133 Å². The summed E-state index contributed by atoms with van der Waals surface area (Å²) in [6.45, 7) is 0. The summed E-state index contributed by atoms with van der Waals surface area (Å²) in [6.07, 6.45) is 5.92. The van der Waals surface area contributed by atoms with E-state index in [1.54, 1.807) is 0 Å². The zero-order valence-electron chi connectivity index (χ0n) is 11.9. The Morgan fingerprint density at radius 3 is 2.11 bits per heavy atom. The van der Waals surface area contributed by atoms with Crippen LogP contribution in [0, 0.1) is 0 Å². The van der Waals surface area contributed by atoms with E-state index in [2.05, 4.69) is 51.5 Å². The van der Waals surface area contributed by atoms with E-state index in [0.717, 1.165) is 41.3 Å². The van der Waals surface area contributed by atoms with Gasteiger partial charge in [0.1, 0.15) is 5.69 Å². The topological polar surface area (TPSA) is 17.1 Å². The molecule has 2 nitrogen and oxygen atoms in total. The molecule has 0 N–H and O–H groups in total. The molecule has 0 unspecified atom stereocenters. The summed E-state index contributed by atoms with van der Waals surface area (Å²) in [5.41, 5.74) is 3.41. The summed E-state index contributed by atoms with van der Waals surface area (Å²) in [6, 6.07) is 8.49. The van der Waals surface area contributed by atoms with Crippen LogP contribution in [-0.2, 0) is 4.79 Å². The maximum Gasteiger partial charge on any atom is 0.158 e. The van der Waals surface area contributed by atoms with Crippen LogP contribution in [0.1, 0.15) is 31.2 Å². The lowest BCUT2D eigenvalue weighted by Crippen LogP contribution is -3.00. The fourth-order valence-electron chi connectivity index (χ4n) is 2.27. The minimum atomic E-state index is 0. The molecule has 1 aliphatic carbocycles. The van der Waals surface area contributed by atoms with Crippen molar-refractivity contribution in [3.05, 3.63) is 35.4 Å². The molecule has 0 aliphatic heterocycles. The van der Waals surface area contributed by atoms with Crippen molar-refractivity contribution in [1.82, 2.24) is 4.48 Å². The van der Waals surface area contributed by atoms with Gasteiger partial charge >= 0.3 is 0 Å². The Hall–Kier alpha value is -0.680. The number of rotatable bonds is 2. The normalized spacial score (nSPS) is 18.3. The van der Waals surface area contributed by atoms with Crippen LogP contribution < -0.4 is 28.5 Å². The fourth-order valence-corrected chi connectivity index (χ4v) is 2.27. The maximum absolute atomic E-state index is 11.8. The van der Waals surface area contributed by atoms with Crippen LogP contribution in [0.25, 0.3) is 6.08 Å². The fraction of sp³-hybridized carbons (Fsp3) is 0.438. The molecule has 104 valence electrons. The number of hydrogen-bond donors (Lipinski definition) is 0. The zero-order valence-corrected chi connectivity index (χ0v) is 14.1. The molecule has 19 heavy (non-hydrogen) atoms. The Morgan fingerprint density at radius 1 is 1.00 bits per heavy atom. The van der Waals surface area contributed by atoms with Crippen LogP contribution in [0.4, 0.5) is 5.69 Å². The van der Waals surface area contributed by atoms with Gasteiger partial charge in [-0.05, 0) is 60.7 Å². The Morgan fingerprint density at radius 2 is 1.58 bits per heavy atom. The molecule has 1 aromatic rings. The van der Waals surface area contributed by atoms with Gasteiger partial charge in [0.2, 0.25) is 0 Å². The second kappa shape index (κ2) is 6.66. The molecule has 0 atom stereocenters. The van der Waals surface area contributed by atoms with Gasteiger partial charge < -0.3 is 24.0 Å². The summed E-state index contributed by atoms with van der Waals surface area (Å²) >= 11 is 0. The van der Waals surface area contributed by atoms with Crippen molar-refractivity contribution in [2.45, 2.75) is 25.7 Å². The van der Waals surface area contributed by atoms with Crippen molar-refractivity contribution in [2.75, 3.05) is 21.1 Å². The lowest BCUT2D eigenvalue weighted by molar-refractivity contribution is -0.116. The van der Waals surface area contributed by atoms with E-state index < -0.39 is 0 Å². The van der Waals surface area contributed by atoms with Crippen molar-refractivity contribution in [2.24, 2.45) is 0 Å². The average molecular weight is 371 g/mol. The minimum Gasteiger partial charge on any atom is -1.00 e. The van der Waals surface area contributed by atoms with Crippen molar-refractivity contribution >= 4 is 17.5 Å². The van der Waals surface area contributed by atoms with Crippen LogP contribution >= 0.6 is 0 Å². The third kappa shape index (κ3) is 4.42. The monoisotopic (exact) mass is 371 g/mol. The molecular formula is C16H22INO. The lowest BCUT2D eigenvalue weighted by Gasteiger charge is -2.23. The molecular weight excluding hydrogens is 349 g/mol. The Balaban J connectivity index is 0.00000180. The summed E-state index contributed by atoms with van der Waals surface area (Å²) < 4.78 is 0.815. The van der Waals surface area contributed by atoms with Gasteiger partial charge in [-0.2, -0.15) is 0 Å². The number of ketones is 1. The predicted molar refractivity (Wildman–Crippen MR) is 77.5 cm³/mol. The molecule has 0 aromatic heterocycles. The number of quaternary nitrogens is 1. The van der Waals surface area contributed by atoms with E-state index in [-0.39, 0.29) is 24.0 Å². The highest BCUT2D eigenvalue weighted by atomic mass is 127. The van der Waals surface area contributed by atoms with Gasteiger partial charge in [-0.25, -0.2) is 0 Å². The highest BCUT2D eigenvalue weighted by Crippen LogP contribution is 2.23. The molecule has 2 rings (SSSR count). The zero-order chi connectivity index (χ0) is 13.2. The number of carbonyl (C=O) groups is 1. The van der Waals surface area contributed by atoms with Crippen LogP contribution in [-0.4, -0.2) is 26.9 Å². The second-order valence-electron chi connectivity index (χ2n) is 5.90. The van der Waals surface area contributed by atoms with Gasteiger partial charge in [-0.15, -0.1) is 0 Å². The van der Waals surface area contributed by atoms with Gasteiger partial charge in [-0.1, -0.05) is 0 Å². The molecule has 0 saturated heterocycles. The maximum atomic E-state index is 11.8.